The van der Waals surface area contributed by atoms with Gasteiger partial charge < -0.3 is 9.84 Å². The number of hydrogen-bond donors (Lipinski definition) is 1. The summed E-state index contributed by atoms with van der Waals surface area (Å²) in [6.45, 7) is 2.75. The number of benzene rings is 2. The van der Waals surface area contributed by atoms with Crippen LogP contribution in [0.3, 0.4) is 0 Å². The smallest absolute Gasteiger partial charge is 0.432 e. The molecule has 0 spiro atoms. The molecule has 0 bridgehead atoms. The predicted octanol–water partition coefficient (Wildman–Crippen LogP) is 3.13. The summed E-state index contributed by atoms with van der Waals surface area (Å²) in [6, 6.07) is 9.87. The lowest BCUT2D eigenvalue weighted by atomic mass is 9.93. The maximum absolute atomic E-state index is 13.4. The van der Waals surface area contributed by atoms with Gasteiger partial charge in [0.05, 0.1) is 17.2 Å². The first-order chi connectivity index (χ1) is 13.4. The van der Waals surface area contributed by atoms with Crippen molar-refractivity contribution in [1.82, 2.24) is 0 Å². The maximum Gasteiger partial charge on any atom is 0.432 e. The van der Waals surface area contributed by atoms with Crippen LogP contribution in [0.15, 0.2) is 53.4 Å². The van der Waals surface area contributed by atoms with Crippen LogP contribution >= 0.6 is 0 Å². The number of aryl methyl sites for hydroxylation is 1. The first-order valence-electron chi connectivity index (χ1n) is 8.48. The Kier molecular flexibility index (Phi) is 6.29. The van der Waals surface area contributed by atoms with Crippen LogP contribution in [-0.4, -0.2) is 39.3 Å². The molecule has 2 aromatic rings. The molecule has 1 unspecified atom stereocenters. The first-order valence-corrected chi connectivity index (χ1v) is 9.92. The number of ether oxygens (including phenoxy) is 1. The fraction of sp³-hybridized carbons (Fsp3) is 0.316. The fourth-order valence-corrected chi connectivity index (χ4v) is 3.75. The summed E-state index contributed by atoms with van der Waals surface area (Å²) in [5.74, 6) is -1.86. The Morgan fingerprint density at radius 3 is 2.03 bits per heavy atom. The van der Waals surface area contributed by atoms with Gasteiger partial charge in [0, 0.05) is 12.6 Å². The highest BCUT2D eigenvalue weighted by Gasteiger charge is 2.62. The van der Waals surface area contributed by atoms with E-state index < -0.39 is 33.3 Å². The Labute approximate surface area is 166 Å². The predicted molar refractivity (Wildman–Crippen MR) is 99.8 cm³/mol. The van der Waals surface area contributed by atoms with Gasteiger partial charge in [-0.25, -0.2) is 13.2 Å². The van der Waals surface area contributed by atoms with Crippen LogP contribution in [0.1, 0.15) is 18.1 Å². The Balaban J connectivity index is 2.42. The summed E-state index contributed by atoms with van der Waals surface area (Å²) >= 11 is 0. The quantitative estimate of drug-likeness (QED) is 0.711. The van der Waals surface area contributed by atoms with Crippen LogP contribution in [-0.2, 0) is 25.2 Å². The van der Waals surface area contributed by atoms with E-state index in [4.69, 9.17) is 0 Å². The molecular weight excluding hydrogens is 411 g/mol. The molecule has 2 rings (SSSR count). The van der Waals surface area contributed by atoms with Gasteiger partial charge in [0.25, 0.3) is 15.6 Å². The second-order valence-corrected chi connectivity index (χ2v) is 8.23. The van der Waals surface area contributed by atoms with Crippen molar-refractivity contribution in [2.24, 2.45) is 0 Å². The summed E-state index contributed by atoms with van der Waals surface area (Å²) in [5.41, 5.74) is -3.74. The van der Waals surface area contributed by atoms with E-state index in [0.29, 0.717) is 0 Å². The van der Waals surface area contributed by atoms with E-state index in [9.17, 15) is 31.5 Å². The highest BCUT2D eigenvalue weighted by atomic mass is 32.2. The molecule has 10 heteroatoms. The average Bonchev–Trinajstić information content (AvgIpc) is 2.66. The van der Waals surface area contributed by atoms with Crippen LogP contribution < -0.4 is 4.31 Å². The molecule has 0 aliphatic rings. The Hall–Kier alpha value is -2.59. The number of sulfonamides is 1. The summed E-state index contributed by atoms with van der Waals surface area (Å²) in [6.07, 6.45) is -5.33. The standard InChI is InChI=1S/C19H20F3NO5S/c1-4-28-17(24)18(25,19(20,21)22)14-7-9-15(10-8-14)23(3)29(26,27)16-11-5-13(2)6-12-16/h5-12,25H,4H2,1-3H3. The molecule has 0 saturated carbocycles. The number of aliphatic hydroxyl groups is 1. The summed E-state index contributed by atoms with van der Waals surface area (Å²) in [7, 11) is -2.71. The lowest BCUT2D eigenvalue weighted by Gasteiger charge is -2.29. The number of anilines is 1. The normalized spacial score (nSPS) is 14.2. The van der Waals surface area contributed by atoms with Gasteiger partial charge in [0.1, 0.15) is 0 Å². The van der Waals surface area contributed by atoms with Gasteiger partial charge in [-0.05, 0) is 38.1 Å². The van der Waals surface area contributed by atoms with Crippen molar-refractivity contribution < 1.29 is 36.2 Å². The van der Waals surface area contributed by atoms with Crippen molar-refractivity contribution in [3.8, 4) is 0 Å². The van der Waals surface area contributed by atoms with Crippen LogP contribution in [0.4, 0.5) is 18.9 Å². The third-order valence-corrected chi connectivity index (χ3v) is 6.11. The molecular formula is C19H20F3NO5S. The number of rotatable bonds is 6. The van der Waals surface area contributed by atoms with Gasteiger partial charge in [-0.15, -0.1) is 0 Å². The van der Waals surface area contributed by atoms with Crippen LogP contribution in [0.25, 0.3) is 0 Å². The maximum atomic E-state index is 13.4. The molecule has 0 aliphatic carbocycles. The molecule has 158 valence electrons. The molecule has 6 nitrogen and oxygen atoms in total. The van der Waals surface area contributed by atoms with E-state index in [1.807, 2.05) is 0 Å². The van der Waals surface area contributed by atoms with Crippen LogP contribution in [0.2, 0.25) is 0 Å². The second-order valence-electron chi connectivity index (χ2n) is 6.26. The van der Waals surface area contributed by atoms with E-state index in [1.54, 1.807) is 19.1 Å². The minimum absolute atomic E-state index is 0.00740. The number of esters is 1. The third-order valence-electron chi connectivity index (χ3n) is 4.31. The molecule has 0 saturated heterocycles. The fourth-order valence-electron chi connectivity index (χ4n) is 2.55. The molecule has 0 heterocycles. The van der Waals surface area contributed by atoms with Crippen LogP contribution in [0.5, 0.6) is 0 Å². The van der Waals surface area contributed by atoms with E-state index >= 15 is 0 Å². The van der Waals surface area contributed by atoms with Crippen molar-refractivity contribution in [1.29, 1.82) is 0 Å². The molecule has 1 atom stereocenters. The molecule has 0 aromatic heterocycles. The Bertz CT molecular complexity index is 972. The zero-order valence-corrected chi connectivity index (χ0v) is 16.7. The number of halogens is 3. The molecule has 2 aromatic carbocycles. The molecule has 0 aliphatic heterocycles. The van der Waals surface area contributed by atoms with Crippen molar-refractivity contribution in [2.45, 2.75) is 30.5 Å². The minimum atomic E-state index is -5.33. The summed E-state index contributed by atoms with van der Waals surface area (Å²) in [5, 5.41) is 10.1. The van der Waals surface area contributed by atoms with E-state index in [2.05, 4.69) is 4.74 Å². The largest absolute Gasteiger partial charge is 0.463 e. The zero-order valence-electron chi connectivity index (χ0n) is 15.9. The van der Waals surface area contributed by atoms with E-state index in [1.165, 1.54) is 26.1 Å². The molecule has 0 radical (unpaired) electrons. The summed E-state index contributed by atoms with van der Waals surface area (Å²) in [4.78, 5) is 11.8. The van der Waals surface area contributed by atoms with Crippen LogP contribution in [0, 0.1) is 6.92 Å². The van der Waals surface area contributed by atoms with Gasteiger partial charge in [-0.1, -0.05) is 29.8 Å². The van der Waals surface area contributed by atoms with Gasteiger partial charge in [0.2, 0.25) is 0 Å². The highest BCUT2D eigenvalue weighted by molar-refractivity contribution is 7.92. The van der Waals surface area contributed by atoms with Gasteiger partial charge in [-0.3, -0.25) is 4.31 Å². The van der Waals surface area contributed by atoms with Crippen molar-refractivity contribution in [3.63, 3.8) is 0 Å². The molecule has 29 heavy (non-hydrogen) atoms. The topological polar surface area (TPSA) is 83.9 Å². The van der Waals surface area contributed by atoms with Crippen molar-refractivity contribution >= 4 is 21.7 Å². The minimum Gasteiger partial charge on any atom is -0.463 e. The number of nitrogens with zero attached hydrogens (tertiary/aromatic N) is 1. The van der Waals surface area contributed by atoms with Gasteiger partial charge in [0.15, 0.2) is 0 Å². The highest BCUT2D eigenvalue weighted by Crippen LogP contribution is 2.40. The van der Waals surface area contributed by atoms with Crippen molar-refractivity contribution in [3.05, 3.63) is 59.7 Å². The third kappa shape index (κ3) is 4.23. The zero-order chi connectivity index (χ0) is 22.0. The van der Waals surface area contributed by atoms with E-state index in [0.717, 1.165) is 34.1 Å². The number of carbonyl (C=O) groups is 1. The average molecular weight is 431 g/mol. The Morgan fingerprint density at radius 1 is 1.07 bits per heavy atom. The number of alkyl halides is 3. The second kappa shape index (κ2) is 8.03. The number of carbonyl (C=O) groups excluding carboxylic acids is 1. The van der Waals surface area contributed by atoms with E-state index in [-0.39, 0.29) is 17.2 Å². The molecule has 0 fully saturated rings. The van der Waals surface area contributed by atoms with Crippen molar-refractivity contribution in [2.75, 3.05) is 18.0 Å². The van der Waals surface area contributed by atoms with Gasteiger partial charge in [-0.2, -0.15) is 13.2 Å². The number of hydrogen-bond acceptors (Lipinski definition) is 5. The lowest BCUT2D eigenvalue weighted by molar-refractivity contribution is -0.267. The summed E-state index contributed by atoms with van der Waals surface area (Å²) < 4.78 is 70.9. The lowest BCUT2D eigenvalue weighted by Crippen LogP contribution is -2.50. The van der Waals surface area contributed by atoms with Gasteiger partial charge >= 0.3 is 12.1 Å². The first kappa shape index (κ1) is 22.7. The molecule has 1 N–H and O–H groups in total. The monoisotopic (exact) mass is 431 g/mol. The SMILES string of the molecule is CCOC(=O)C(O)(c1ccc(N(C)S(=O)(=O)c2ccc(C)cc2)cc1)C(F)(F)F. The molecule has 0 amide bonds. The Morgan fingerprint density at radius 2 is 1.59 bits per heavy atom.